The van der Waals surface area contributed by atoms with E-state index < -0.39 is 5.60 Å². The van der Waals surface area contributed by atoms with Gasteiger partial charge in [-0.3, -0.25) is 0 Å². The number of para-hydroxylation sites is 4. The van der Waals surface area contributed by atoms with Gasteiger partial charge in [-0.2, -0.15) is 0 Å². The van der Waals surface area contributed by atoms with Gasteiger partial charge >= 0.3 is 29.6 Å². The Bertz CT molecular complexity index is 4490. The van der Waals surface area contributed by atoms with E-state index in [0.29, 0.717) is 0 Å². The van der Waals surface area contributed by atoms with E-state index >= 15 is 0 Å². The fourth-order valence-corrected chi connectivity index (χ4v) is 19.9. The standard InChI is InChI=1S/C26H35O2P.C24H15NS.C12H7BrS.C12H9N.C4H9O.Na/c1-27-23-17-11-18-24(28-2)26(23)22-16-9-10-19-25(22)29(20-12-5-3-6-13-20)21-14-7-4-8-15-21;1-4-12-20-16(8-1)17-9-2-5-13-21(17)25(20)22-14-7-11-19-18-10-3-6-15-23(18)26-24(19)22;13-10-6-3-5-9-8-4-1-2-7-11(8)14-12(9)10;1-3-7-11-9(5-1)10-6-2-4-8-12(10)13-11;1-4(2,3)5;/h9-11,16-21H,3-8,12-15H2,1-2H3;1-15H;1-7H;1-8,13H;1-3H3;/q;;;;-1;+1. The zero-order valence-electron chi connectivity index (χ0n) is 51.4. The van der Waals surface area contributed by atoms with E-state index in [1.165, 1.54) is 164 Å². The van der Waals surface area contributed by atoms with Crippen LogP contribution in [0.5, 0.6) is 11.5 Å². The van der Waals surface area contributed by atoms with Crippen molar-refractivity contribution in [1.82, 2.24) is 9.55 Å². The minimum Gasteiger partial charge on any atom is -0.850 e. The number of methoxy groups -OCH3 is 2. The number of hydrogen-bond acceptors (Lipinski definition) is 5. The molecule has 2 saturated carbocycles. The molecule has 14 aromatic rings. The largest absolute Gasteiger partial charge is 1.00 e. The summed E-state index contributed by atoms with van der Waals surface area (Å²) >= 11 is 7.31. The van der Waals surface area contributed by atoms with Gasteiger partial charge in [0.15, 0.2) is 0 Å². The van der Waals surface area contributed by atoms with Gasteiger partial charge in [0.2, 0.25) is 0 Å². The molecule has 0 spiro atoms. The Morgan fingerprint density at radius 3 is 1.38 bits per heavy atom. The molecule has 10 aromatic carbocycles. The van der Waals surface area contributed by atoms with Crippen molar-refractivity contribution in [2.75, 3.05) is 14.2 Å². The molecule has 4 aromatic heterocycles. The number of nitrogens with one attached hydrogen (secondary N) is 1. The van der Waals surface area contributed by atoms with Crippen LogP contribution < -0.4 is 49.4 Å². The third-order valence-corrected chi connectivity index (χ3v) is 23.7. The van der Waals surface area contributed by atoms with Gasteiger partial charge in [0.25, 0.3) is 0 Å². The van der Waals surface area contributed by atoms with Crippen LogP contribution in [0.15, 0.2) is 229 Å². The molecular formula is C78H75BrN2NaO3PS2. The number of aromatic amines is 1. The first kappa shape index (κ1) is 63.3. The third-order valence-electron chi connectivity index (χ3n) is 16.8. The fourth-order valence-electron chi connectivity index (χ4n) is 13.0. The number of nitrogens with zero attached hydrogens (tertiary/aromatic N) is 1. The van der Waals surface area contributed by atoms with Crippen LogP contribution in [-0.4, -0.2) is 40.7 Å². The summed E-state index contributed by atoms with van der Waals surface area (Å²) in [5.74, 6) is 1.83. The van der Waals surface area contributed by atoms with Gasteiger partial charge in [-0.1, -0.05) is 231 Å². The molecule has 1 N–H and O–H groups in total. The van der Waals surface area contributed by atoms with Crippen molar-refractivity contribution < 1.29 is 44.1 Å². The molecule has 0 amide bonds. The van der Waals surface area contributed by atoms with Crippen LogP contribution in [0.4, 0.5) is 0 Å². The Morgan fingerprint density at radius 1 is 0.455 bits per heavy atom. The molecule has 5 nitrogen and oxygen atoms in total. The van der Waals surface area contributed by atoms with Crippen LogP contribution in [0.1, 0.15) is 85.0 Å². The van der Waals surface area contributed by atoms with E-state index in [0.717, 1.165) is 28.4 Å². The summed E-state index contributed by atoms with van der Waals surface area (Å²) in [6, 6.07) is 79.7. The van der Waals surface area contributed by atoms with E-state index in [1.54, 1.807) is 40.3 Å². The van der Waals surface area contributed by atoms with Gasteiger partial charge in [0, 0.05) is 72.7 Å². The monoisotopic (exact) mass is 1280 g/mol. The summed E-state index contributed by atoms with van der Waals surface area (Å²) in [6.45, 7) is 4.90. The van der Waals surface area contributed by atoms with Crippen LogP contribution in [0.2, 0.25) is 0 Å². The molecule has 88 heavy (non-hydrogen) atoms. The molecule has 2 fully saturated rings. The maximum atomic E-state index is 10.1. The predicted molar refractivity (Wildman–Crippen MR) is 382 cm³/mol. The molecule has 0 bridgehead atoms. The first-order chi connectivity index (χ1) is 42.6. The molecule has 0 aliphatic heterocycles. The summed E-state index contributed by atoms with van der Waals surface area (Å²) in [7, 11) is 3.36. The number of aromatic nitrogens is 2. The van der Waals surface area contributed by atoms with Crippen LogP contribution in [0, 0.1) is 0 Å². The molecule has 0 saturated heterocycles. The van der Waals surface area contributed by atoms with E-state index in [1.807, 2.05) is 28.7 Å². The van der Waals surface area contributed by atoms with Crippen molar-refractivity contribution in [3.63, 3.8) is 0 Å². The summed E-state index contributed by atoms with van der Waals surface area (Å²) in [4.78, 5) is 3.38. The molecule has 0 radical (unpaired) electrons. The molecule has 0 unspecified atom stereocenters. The average molecular weight is 1290 g/mol. The zero-order chi connectivity index (χ0) is 59.9. The van der Waals surface area contributed by atoms with Crippen LogP contribution in [0.3, 0.4) is 0 Å². The van der Waals surface area contributed by atoms with Gasteiger partial charge in [-0.15, -0.1) is 28.3 Å². The molecule has 16 rings (SSSR count). The Labute approximate surface area is 557 Å². The molecular weight excluding hydrogens is 1210 g/mol. The second-order valence-corrected chi connectivity index (χ2v) is 29.4. The van der Waals surface area contributed by atoms with Crippen molar-refractivity contribution in [3.05, 3.63) is 229 Å². The first-order valence-corrected chi connectivity index (χ1v) is 34.7. The van der Waals surface area contributed by atoms with Crippen LogP contribution in [-0.2, 0) is 0 Å². The number of H-pyrrole nitrogens is 1. The molecule has 10 heteroatoms. The number of ether oxygens (including phenoxy) is 2. The quantitative estimate of drug-likeness (QED) is 0.128. The maximum Gasteiger partial charge on any atom is 1.00 e. The van der Waals surface area contributed by atoms with Crippen molar-refractivity contribution >= 4 is 136 Å². The SMILES string of the molecule is Brc1cccc2c1sc1ccccc12.CC(C)(C)[O-].COc1cccc(OC)c1-c1ccccc1P(C1CCCCC1)C1CCCCC1.[Na+].c1ccc2c(c1)[nH]c1ccccc12.c1ccc2c(c1)sc1c(-n3c4ccccc4c4ccccc43)cccc12. The van der Waals surface area contributed by atoms with Crippen LogP contribution >= 0.6 is 46.5 Å². The molecule has 440 valence electrons. The number of hydrogen-bond donors (Lipinski definition) is 1. The Balaban J connectivity index is 0.000000123. The van der Waals surface area contributed by atoms with E-state index in [-0.39, 0.29) is 37.5 Å². The van der Waals surface area contributed by atoms with E-state index in [2.05, 4.69) is 244 Å². The summed E-state index contributed by atoms with van der Waals surface area (Å²) in [5, 5.41) is 22.3. The summed E-state index contributed by atoms with van der Waals surface area (Å²) in [5.41, 5.74) is 9.69. The minimum absolute atomic E-state index is 0. The molecule has 2 aliphatic carbocycles. The van der Waals surface area contributed by atoms with E-state index in [9.17, 15) is 5.11 Å². The van der Waals surface area contributed by atoms with Gasteiger partial charge in [0.05, 0.1) is 41.2 Å². The minimum atomic E-state index is -0.750. The van der Waals surface area contributed by atoms with Crippen LogP contribution in [0.25, 0.3) is 101 Å². The zero-order valence-corrected chi connectivity index (χ0v) is 57.5. The van der Waals surface area contributed by atoms with Gasteiger partial charge in [-0.05, 0) is 124 Å². The van der Waals surface area contributed by atoms with Crippen molar-refractivity contribution in [3.8, 4) is 28.3 Å². The van der Waals surface area contributed by atoms with Gasteiger partial charge in [-0.25, -0.2) is 0 Å². The molecule has 4 heterocycles. The Kier molecular flexibility index (Phi) is 20.9. The molecule has 0 atom stereocenters. The normalized spacial score (nSPS) is 13.8. The molecule has 2 aliphatic rings. The number of thiophene rings is 2. The first-order valence-electron chi connectivity index (χ1n) is 30.8. The van der Waals surface area contributed by atoms with Crippen molar-refractivity contribution in [1.29, 1.82) is 0 Å². The van der Waals surface area contributed by atoms with Crippen molar-refractivity contribution in [2.45, 2.75) is 102 Å². The second kappa shape index (κ2) is 29.1. The maximum absolute atomic E-state index is 10.1. The van der Waals surface area contributed by atoms with Gasteiger partial charge in [0.1, 0.15) is 11.5 Å². The number of rotatable bonds is 7. The number of benzene rings is 10. The third kappa shape index (κ3) is 13.9. The topological polar surface area (TPSA) is 62.2 Å². The van der Waals surface area contributed by atoms with Crippen molar-refractivity contribution in [2.24, 2.45) is 0 Å². The Morgan fingerprint density at radius 2 is 0.852 bits per heavy atom. The second-order valence-electron chi connectivity index (χ2n) is 23.7. The van der Waals surface area contributed by atoms with E-state index in [4.69, 9.17) is 9.47 Å². The predicted octanol–water partition coefficient (Wildman–Crippen LogP) is 19.6. The number of halogens is 1. The summed E-state index contributed by atoms with van der Waals surface area (Å²) < 4.78 is 20.6. The smallest absolute Gasteiger partial charge is 0.850 e. The Hall–Kier alpha value is -6.29. The average Bonchev–Trinajstić information content (AvgIpc) is 1.65. The summed E-state index contributed by atoms with van der Waals surface area (Å²) in [6.07, 6.45) is 14.2. The fraction of sp³-hybridized carbons (Fsp3) is 0.231. The number of fused-ring (bicyclic) bond motifs is 12. The van der Waals surface area contributed by atoms with Gasteiger partial charge < -0.3 is 24.1 Å².